The van der Waals surface area contributed by atoms with Crippen LogP contribution in [0.5, 0.6) is 0 Å². The maximum Gasteiger partial charge on any atom is 0.305 e. The van der Waals surface area contributed by atoms with Gasteiger partial charge in [0, 0.05) is 12.6 Å². The predicted octanol–water partition coefficient (Wildman–Crippen LogP) is 2.32. The highest BCUT2D eigenvalue weighted by Crippen LogP contribution is 2.18. The van der Waals surface area contributed by atoms with E-state index in [0.717, 1.165) is 13.0 Å². The van der Waals surface area contributed by atoms with E-state index in [2.05, 4.69) is 24.1 Å². The summed E-state index contributed by atoms with van der Waals surface area (Å²) < 4.78 is 0. The van der Waals surface area contributed by atoms with Gasteiger partial charge in [0.15, 0.2) is 0 Å². The summed E-state index contributed by atoms with van der Waals surface area (Å²) >= 11 is 0. The van der Waals surface area contributed by atoms with Crippen molar-refractivity contribution >= 4 is 11.5 Å². The van der Waals surface area contributed by atoms with Crippen molar-refractivity contribution in [3.05, 3.63) is 27.9 Å². The molecule has 0 saturated heterocycles. The number of rotatable bonds is 5. The van der Waals surface area contributed by atoms with Gasteiger partial charge < -0.3 is 5.32 Å². The summed E-state index contributed by atoms with van der Waals surface area (Å²) in [4.78, 5) is 13.9. The van der Waals surface area contributed by atoms with Gasteiger partial charge in [0.25, 0.3) is 0 Å². The van der Waals surface area contributed by atoms with E-state index in [4.69, 9.17) is 5.26 Å². The number of pyridine rings is 1. The molecule has 1 N–H and O–H groups in total. The molecule has 0 bridgehead atoms. The third-order valence-corrected chi connectivity index (χ3v) is 2.20. The first-order chi connectivity index (χ1) is 8.04. The lowest BCUT2D eigenvalue weighted by Crippen LogP contribution is -2.07. The van der Waals surface area contributed by atoms with Gasteiger partial charge in [-0.2, -0.15) is 5.26 Å². The smallest absolute Gasteiger partial charge is 0.305 e. The molecular weight excluding hydrogens is 220 g/mol. The third-order valence-electron chi connectivity index (χ3n) is 2.20. The lowest BCUT2D eigenvalue weighted by Gasteiger charge is -2.07. The summed E-state index contributed by atoms with van der Waals surface area (Å²) in [6.07, 6.45) is 0.973. The minimum atomic E-state index is -0.608. The van der Waals surface area contributed by atoms with Gasteiger partial charge in [-0.05, 0) is 18.4 Å². The van der Waals surface area contributed by atoms with E-state index in [-0.39, 0.29) is 11.4 Å². The molecule has 1 rings (SSSR count). The van der Waals surface area contributed by atoms with Crippen LogP contribution in [-0.2, 0) is 0 Å². The minimum Gasteiger partial charge on any atom is -0.370 e. The van der Waals surface area contributed by atoms with E-state index in [0.29, 0.717) is 11.7 Å². The number of aromatic nitrogens is 1. The quantitative estimate of drug-likeness (QED) is 0.623. The van der Waals surface area contributed by atoms with Gasteiger partial charge in [-0.25, -0.2) is 4.98 Å². The highest BCUT2D eigenvalue weighted by molar-refractivity contribution is 5.50. The van der Waals surface area contributed by atoms with E-state index >= 15 is 0 Å². The Balaban J connectivity index is 2.77. The van der Waals surface area contributed by atoms with Crippen LogP contribution in [0.3, 0.4) is 0 Å². The van der Waals surface area contributed by atoms with Crippen LogP contribution in [0.15, 0.2) is 12.1 Å². The summed E-state index contributed by atoms with van der Waals surface area (Å²) in [5, 5.41) is 22.4. The van der Waals surface area contributed by atoms with Gasteiger partial charge in [0.05, 0.1) is 4.92 Å². The number of nitriles is 1. The maximum absolute atomic E-state index is 10.6. The van der Waals surface area contributed by atoms with Crippen LogP contribution < -0.4 is 5.32 Å². The van der Waals surface area contributed by atoms with Gasteiger partial charge in [-0.15, -0.1) is 0 Å². The highest BCUT2D eigenvalue weighted by Gasteiger charge is 2.15. The molecule has 0 atom stereocenters. The Hall–Kier alpha value is -2.16. The van der Waals surface area contributed by atoms with Crippen LogP contribution in [0, 0.1) is 27.4 Å². The Morgan fingerprint density at radius 2 is 2.29 bits per heavy atom. The molecule has 0 saturated carbocycles. The number of anilines is 1. The first-order valence-electron chi connectivity index (χ1n) is 5.34. The molecule has 0 aliphatic rings. The fourth-order valence-corrected chi connectivity index (χ4v) is 1.27. The average Bonchev–Trinajstić information content (AvgIpc) is 2.28. The van der Waals surface area contributed by atoms with E-state index in [9.17, 15) is 10.1 Å². The molecule has 0 spiro atoms. The average molecular weight is 234 g/mol. The van der Waals surface area contributed by atoms with Crippen molar-refractivity contribution in [1.29, 1.82) is 5.26 Å². The fraction of sp³-hybridized carbons (Fsp3) is 0.455. The number of nitrogens with zero attached hydrogens (tertiary/aromatic N) is 3. The predicted molar refractivity (Wildman–Crippen MR) is 63.6 cm³/mol. The second-order valence-corrected chi connectivity index (χ2v) is 4.04. The summed E-state index contributed by atoms with van der Waals surface area (Å²) in [6, 6.07) is 4.53. The van der Waals surface area contributed by atoms with Gasteiger partial charge in [0.2, 0.25) is 5.69 Å². The Morgan fingerprint density at radius 3 is 2.82 bits per heavy atom. The molecule has 1 aromatic heterocycles. The van der Waals surface area contributed by atoms with E-state index < -0.39 is 4.92 Å². The van der Waals surface area contributed by atoms with Crippen molar-refractivity contribution in [3.8, 4) is 6.07 Å². The topological polar surface area (TPSA) is 91.9 Å². The number of nitro groups is 1. The SMILES string of the molecule is CC(C)CCNc1ccc([N+](=O)[O-])c(C#N)n1. The second kappa shape index (κ2) is 5.80. The first-order valence-corrected chi connectivity index (χ1v) is 5.34. The molecule has 0 aliphatic heterocycles. The third kappa shape index (κ3) is 3.72. The zero-order chi connectivity index (χ0) is 12.8. The molecule has 6 nitrogen and oxygen atoms in total. The van der Waals surface area contributed by atoms with Gasteiger partial charge in [0.1, 0.15) is 11.9 Å². The van der Waals surface area contributed by atoms with Crippen molar-refractivity contribution in [3.63, 3.8) is 0 Å². The molecule has 0 unspecified atom stereocenters. The minimum absolute atomic E-state index is 0.162. The number of nitrogens with one attached hydrogen (secondary N) is 1. The molecule has 0 radical (unpaired) electrons. The van der Waals surface area contributed by atoms with Crippen molar-refractivity contribution in [2.24, 2.45) is 5.92 Å². The molecule has 1 aromatic rings. The van der Waals surface area contributed by atoms with E-state index in [1.165, 1.54) is 12.1 Å². The molecule has 17 heavy (non-hydrogen) atoms. The zero-order valence-electron chi connectivity index (χ0n) is 9.80. The first kappa shape index (κ1) is 12.9. The van der Waals surface area contributed by atoms with Crippen LogP contribution in [0.25, 0.3) is 0 Å². The van der Waals surface area contributed by atoms with E-state index in [1.54, 1.807) is 6.07 Å². The molecule has 0 aliphatic carbocycles. The molecular formula is C11H14N4O2. The number of hydrogen-bond acceptors (Lipinski definition) is 5. The lowest BCUT2D eigenvalue weighted by atomic mass is 10.1. The van der Waals surface area contributed by atoms with Gasteiger partial charge in [-0.3, -0.25) is 10.1 Å². The number of hydrogen-bond donors (Lipinski definition) is 1. The van der Waals surface area contributed by atoms with Crippen LogP contribution in [0.1, 0.15) is 26.0 Å². The summed E-state index contributed by atoms with van der Waals surface area (Å²) in [7, 11) is 0. The van der Waals surface area contributed by atoms with E-state index in [1.807, 2.05) is 0 Å². The Bertz CT molecular complexity index is 451. The van der Waals surface area contributed by atoms with Crippen LogP contribution in [0.2, 0.25) is 0 Å². The molecule has 1 heterocycles. The standard InChI is InChI=1S/C11H14N4O2/c1-8(2)5-6-13-11-4-3-10(15(16)17)9(7-12)14-11/h3-4,8H,5-6H2,1-2H3,(H,13,14). The molecule has 0 fully saturated rings. The largest absolute Gasteiger partial charge is 0.370 e. The fourth-order valence-electron chi connectivity index (χ4n) is 1.27. The molecule has 6 heteroatoms. The van der Waals surface area contributed by atoms with Crippen LogP contribution >= 0.6 is 0 Å². The van der Waals surface area contributed by atoms with Crippen molar-refractivity contribution < 1.29 is 4.92 Å². The van der Waals surface area contributed by atoms with Crippen LogP contribution in [0.4, 0.5) is 11.5 Å². The second-order valence-electron chi connectivity index (χ2n) is 4.04. The Kier molecular flexibility index (Phi) is 4.40. The van der Waals surface area contributed by atoms with Crippen molar-refractivity contribution in [2.75, 3.05) is 11.9 Å². The summed E-state index contributed by atoms with van der Waals surface area (Å²) in [5.41, 5.74) is -0.425. The molecule has 90 valence electrons. The Labute approximate surface area is 99.4 Å². The normalized spacial score (nSPS) is 10.0. The zero-order valence-corrected chi connectivity index (χ0v) is 9.80. The van der Waals surface area contributed by atoms with Crippen molar-refractivity contribution in [2.45, 2.75) is 20.3 Å². The molecule has 0 amide bonds. The van der Waals surface area contributed by atoms with Crippen LogP contribution in [-0.4, -0.2) is 16.5 Å². The molecule has 0 aromatic carbocycles. The monoisotopic (exact) mass is 234 g/mol. The van der Waals surface area contributed by atoms with Gasteiger partial charge in [-0.1, -0.05) is 13.8 Å². The highest BCUT2D eigenvalue weighted by atomic mass is 16.6. The lowest BCUT2D eigenvalue weighted by molar-refractivity contribution is -0.385. The summed E-state index contributed by atoms with van der Waals surface area (Å²) in [5.74, 6) is 1.06. The summed E-state index contributed by atoms with van der Waals surface area (Å²) in [6.45, 7) is 4.94. The van der Waals surface area contributed by atoms with Crippen molar-refractivity contribution in [1.82, 2.24) is 4.98 Å². The maximum atomic E-state index is 10.6. The van der Waals surface area contributed by atoms with Gasteiger partial charge >= 0.3 is 5.69 Å². The Morgan fingerprint density at radius 1 is 1.59 bits per heavy atom.